The smallest absolute Gasteiger partial charge is 0.387 e. The standard InChI is InChI=1S/C14H19ClF2N2O.ClH/c1-18-7-10-4-5-19(8-10)9-11-6-12(15)2-3-13(11)20-14(16)17;/h2-3,6,10,14,18H,4-5,7-9H2,1H3;1H. The molecule has 0 spiro atoms. The molecule has 21 heavy (non-hydrogen) atoms. The Balaban J connectivity index is 0.00000220. The van der Waals surface area contributed by atoms with Crippen LogP contribution >= 0.6 is 24.0 Å². The second kappa shape index (κ2) is 8.73. The predicted octanol–water partition coefficient (Wildman–Crippen LogP) is 3.40. The van der Waals surface area contributed by atoms with Crippen LogP contribution in [-0.2, 0) is 6.54 Å². The Morgan fingerprint density at radius 1 is 1.48 bits per heavy atom. The molecule has 1 N–H and O–H groups in total. The number of likely N-dealkylation sites (tertiary alicyclic amines) is 1. The molecular formula is C14H20Cl2F2N2O. The van der Waals surface area contributed by atoms with Gasteiger partial charge in [-0.3, -0.25) is 4.90 Å². The van der Waals surface area contributed by atoms with E-state index in [4.69, 9.17) is 11.6 Å². The average Bonchev–Trinajstić information content (AvgIpc) is 2.80. The molecule has 1 heterocycles. The van der Waals surface area contributed by atoms with Gasteiger partial charge >= 0.3 is 6.61 Å². The average molecular weight is 341 g/mol. The predicted molar refractivity (Wildman–Crippen MR) is 82.6 cm³/mol. The lowest BCUT2D eigenvalue weighted by Crippen LogP contribution is -2.24. The number of hydrogen-bond donors (Lipinski definition) is 1. The van der Waals surface area contributed by atoms with Crippen molar-refractivity contribution in [2.75, 3.05) is 26.7 Å². The Kier molecular flexibility index (Phi) is 7.66. The van der Waals surface area contributed by atoms with Crippen molar-refractivity contribution in [3.63, 3.8) is 0 Å². The van der Waals surface area contributed by atoms with Crippen LogP contribution in [0.1, 0.15) is 12.0 Å². The largest absolute Gasteiger partial charge is 0.434 e. The van der Waals surface area contributed by atoms with Crippen LogP contribution in [0.3, 0.4) is 0 Å². The van der Waals surface area contributed by atoms with Crippen LogP contribution in [0.2, 0.25) is 5.02 Å². The van der Waals surface area contributed by atoms with E-state index in [2.05, 4.69) is 15.0 Å². The summed E-state index contributed by atoms with van der Waals surface area (Å²) in [6.45, 7) is 0.675. The zero-order chi connectivity index (χ0) is 14.5. The Hall–Kier alpha value is -0.620. The van der Waals surface area contributed by atoms with Gasteiger partial charge in [0.05, 0.1) is 0 Å². The van der Waals surface area contributed by atoms with Gasteiger partial charge in [0.25, 0.3) is 0 Å². The van der Waals surface area contributed by atoms with E-state index < -0.39 is 6.61 Å². The molecule has 0 bridgehead atoms. The fraction of sp³-hybridized carbons (Fsp3) is 0.571. The van der Waals surface area contributed by atoms with Gasteiger partial charge < -0.3 is 10.1 Å². The Morgan fingerprint density at radius 3 is 2.90 bits per heavy atom. The van der Waals surface area contributed by atoms with Crippen molar-refractivity contribution in [1.29, 1.82) is 0 Å². The molecule has 0 amide bonds. The minimum atomic E-state index is -2.81. The number of alkyl halides is 2. The summed E-state index contributed by atoms with van der Waals surface area (Å²) in [5.41, 5.74) is 0.711. The van der Waals surface area contributed by atoms with Crippen molar-refractivity contribution < 1.29 is 13.5 Å². The summed E-state index contributed by atoms with van der Waals surface area (Å²) in [6, 6.07) is 4.77. The molecule has 3 nitrogen and oxygen atoms in total. The quantitative estimate of drug-likeness (QED) is 0.858. The molecule has 1 atom stereocenters. The molecule has 1 aliphatic heterocycles. The highest BCUT2D eigenvalue weighted by molar-refractivity contribution is 6.30. The molecule has 0 aliphatic carbocycles. The number of nitrogens with zero attached hydrogens (tertiary/aromatic N) is 1. The summed E-state index contributed by atoms with van der Waals surface area (Å²) in [5.74, 6) is 0.820. The van der Waals surface area contributed by atoms with Crippen LogP contribution < -0.4 is 10.1 Å². The van der Waals surface area contributed by atoms with Gasteiger partial charge in [0.15, 0.2) is 0 Å². The van der Waals surface area contributed by atoms with E-state index in [9.17, 15) is 8.78 Å². The topological polar surface area (TPSA) is 24.5 Å². The van der Waals surface area contributed by atoms with Crippen molar-refractivity contribution in [3.05, 3.63) is 28.8 Å². The second-order valence-corrected chi connectivity index (χ2v) is 5.51. The molecule has 0 aromatic heterocycles. The van der Waals surface area contributed by atoms with Crippen LogP contribution in [0.25, 0.3) is 0 Å². The van der Waals surface area contributed by atoms with E-state index >= 15 is 0 Å². The first-order valence-corrected chi connectivity index (χ1v) is 7.06. The molecule has 1 saturated heterocycles. The van der Waals surface area contributed by atoms with Crippen LogP contribution in [0.5, 0.6) is 5.75 Å². The number of rotatable bonds is 6. The van der Waals surface area contributed by atoms with Gasteiger partial charge in [0, 0.05) is 23.7 Å². The lowest BCUT2D eigenvalue weighted by atomic mass is 10.1. The Labute approximate surface area is 135 Å². The van der Waals surface area contributed by atoms with Gasteiger partial charge in [0.2, 0.25) is 0 Å². The van der Waals surface area contributed by atoms with Crippen LogP contribution in [-0.4, -0.2) is 38.2 Å². The maximum absolute atomic E-state index is 12.4. The zero-order valence-corrected chi connectivity index (χ0v) is 13.4. The van der Waals surface area contributed by atoms with Crippen molar-refractivity contribution in [2.45, 2.75) is 19.6 Å². The van der Waals surface area contributed by atoms with Gasteiger partial charge in [-0.25, -0.2) is 0 Å². The molecule has 0 saturated carbocycles. The maximum Gasteiger partial charge on any atom is 0.387 e. The molecule has 2 rings (SSSR count). The van der Waals surface area contributed by atoms with Gasteiger partial charge in [0.1, 0.15) is 5.75 Å². The molecule has 1 fully saturated rings. The molecular weight excluding hydrogens is 321 g/mol. The summed E-state index contributed by atoms with van der Waals surface area (Å²) in [4.78, 5) is 2.24. The molecule has 0 radical (unpaired) electrons. The van der Waals surface area contributed by atoms with E-state index in [1.54, 1.807) is 12.1 Å². The summed E-state index contributed by atoms with van der Waals surface area (Å²) < 4.78 is 29.4. The molecule has 1 aliphatic rings. The highest BCUT2D eigenvalue weighted by Gasteiger charge is 2.23. The van der Waals surface area contributed by atoms with E-state index in [1.807, 2.05) is 7.05 Å². The Bertz CT molecular complexity index is 449. The van der Waals surface area contributed by atoms with E-state index in [0.717, 1.165) is 26.1 Å². The fourth-order valence-corrected chi connectivity index (χ4v) is 2.83. The summed E-state index contributed by atoms with van der Waals surface area (Å²) in [7, 11) is 1.94. The van der Waals surface area contributed by atoms with Gasteiger partial charge in [-0.1, -0.05) is 11.6 Å². The van der Waals surface area contributed by atoms with E-state index in [0.29, 0.717) is 23.0 Å². The van der Waals surface area contributed by atoms with E-state index in [-0.39, 0.29) is 18.2 Å². The number of nitrogens with one attached hydrogen (secondary N) is 1. The summed E-state index contributed by atoms with van der Waals surface area (Å²) >= 11 is 5.95. The number of hydrogen-bond acceptors (Lipinski definition) is 3. The highest BCUT2D eigenvalue weighted by atomic mass is 35.5. The lowest BCUT2D eigenvalue weighted by molar-refractivity contribution is -0.0507. The SMILES string of the molecule is CNCC1CCN(Cc2cc(Cl)ccc2OC(F)F)C1.Cl. The molecule has 1 aromatic rings. The highest BCUT2D eigenvalue weighted by Crippen LogP contribution is 2.27. The molecule has 1 aromatic carbocycles. The number of benzene rings is 1. The lowest BCUT2D eigenvalue weighted by Gasteiger charge is -2.18. The number of ether oxygens (including phenoxy) is 1. The van der Waals surface area contributed by atoms with E-state index in [1.165, 1.54) is 6.07 Å². The summed E-state index contributed by atoms with van der Waals surface area (Å²) in [6.07, 6.45) is 1.12. The van der Waals surface area contributed by atoms with Gasteiger partial charge in [-0.15, -0.1) is 12.4 Å². The van der Waals surface area contributed by atoms with Gasteiger partial charge in [-0.05, 0) is 50.7 Å². The van der Waals surface area contributed by atoms with Crippen LogP contribution in [0.4, 0.5) is 8.78 Å². The Morgan fingerprint density at radius 2 is 2.24 bits per heavy atom. The fourth-order valence-electron chi connectivity index (χ4n) is 2.64. The first-order chi connectivity index (χ1) is 9.58. The van der Waals surface area contributed by atoms with Crippen molar-refractivity contribution in [3.8, 4) is 5.75 Å². The zero-order valence-electron chi connectivity index (χ0n) is 11.8. The van der Waals surface area contributed by atoms with Gasteiger partial charge in [-0.2, -0.15) is 8.78 Å². The monoisotopic (exact) mass is 340 g/mol. The minimum Gasteiger partial charge on any atom is -0.434 e. The first-order valence-electron chi connectivity index (χ1n) is 6.68. The first kappa shape index (κ1) is 18.4. The van der Waals surface area contributed by atoms with Crippen molar-refractivity contribution in [1.82, 2.24) is 10.2 Å². The van der Waals surface area contributed by atoms with Crippen molar-refractivity contribution >= 4 is 24.0 Å². The molecule has 120 valence electrons. The van der Waals surface area contributed by atoms with Crippen LogP contribution in [0, 0.1) is 5.92 Å². The molecule has 1 unspecified atom stereocenters. The third-order valence-corrected chi connectivity index (χ3v) is 3.73. The molecule has 7 heteroatoms. The normalized spacial score (nSPS) is 18.8. The van der Waals surface area contributed by atoms with Crippen molar-refractivity contribution in [2.24, 2.45) is 5.92 Å². The van der Waals surface area contributed by atoms with Crippen LogP contribution in [0.15, 0.2) is 18.2 Å². The number of halogens is 4. The maximum atomic E-state index is 12.4. The summed E-state index contributed by atoms with van der Waals surface area (Å²) in [5, 5.41) is 3.70. The third kappa shape index (κ3) is 5.58. The third-order valence-electron chi connectivity index (χ3n) is 3.50. The minimum absolute atomic E-state index is 0. The second-order valence-electron chi connectivity index (χ2n) is 5.08.